The van der Waals surface area contributed by atoms with E-state index < -0.39 is 5.41 Å². The SMILES string of the molecule is N#C[C@@]12COc3cccc(F)c3[C@H]1CN(Cc1ccccc1)C2. The van der Waals surface area contributed by atoms with Gasteiger partial charge in [-0.3, -0.25) is 4.90 Å². The second-order valence-electron chi connectivity index (χ2n) is 6.42. The van der Waals surface area contributed by atoms with Gasteiger partial charge in [-0.2, -0.15) is 5.26 Å². The zero-order valence-corrected chi connectivity index (χ0v) is 12.7. The summed E-state index contributed by atoms with van der Waals surface area (Å²) < 4.78 is 20.1. The van der Waals surface area contributed by atoms with Crippen molar-refractivity contribution in [3.05, 3.63) is 65.5 Å². The van der Waals surface area contributed by atoms with Crippen LogP contribution in [0.25, 0.3) is 0 Å². The van der Waals surface area contributed by atoms with Crippen molar-refractivity contribution in [3.63, 3.8) is 0 Å². The van der Waals surface area contributed by atoms with E-state index in [0.29, 0.717) is 31.0 Å². The first-order chi connectivity index (χ1) is 11.2. The molecule has 0 amide bonds. The molecule has 0 aliphatic carbocycles. The lowest BCUT2D eigenvalue weighted by molar-refractivity contribution is 0.157. The average molecular weight is 308 g/mol. The highest BCUT2D eigenvalue weighted by Crippen LogP contribution is 2.50. The Morgan fingerprint density at radius 1 is 1.22 bits per heavy atom. The quantitative estimate of drug-likeness (QED) is 0.854. The van der Waals surface area contributed by atoms with Gasteiger partial charge in [0.05, 0.1) is 6.07 Å². The van der Waals surface area contributed by atoms with E-state index in [1.807, 2.05) is 18.2 Å². The fourth-order valence-corrected chi connectivity index (χ4v) is 3.82. The Morgan fingerprint density at radius 3 is 2.83 bits per heavy atom. The van der Waals surface area contributed by atoms with E-state index >= 15 is 0 Å². The molecule has 0 radical (unpaired) electrons. The molecule has 23 heavy (non-hydrogen) atoms. The van der Waals surface area contributed by atoms with Crippen LogP contribution < -0.4 is 4.74 Å². The van der Waals surface area contributed by atoms with Crippen LogP contribution in [0.5, 0.6) is 5.75 Å². The van der Waals surface area contributed by atoms with Crippen LogP contribution in [0, 0.1) is 22.6 Å². The number of likely N-dealkylation sites (tertiary alicyclic amines) is 1. The molecule has 0 aromatic heterocycles. The van der Waals surface area contributed by atoms with E-state index in [-0.39, 0.29) is 11.7 Å². The van der Waals surface area contributed by atoms with Gasteiger partial charge in [0.1, 0.15) is 23.6 Å². The molecule has 0 N–H and O–H groups in total. The summed E-state index contributed by atoms with van der Waals surface area (Å²) in [6.07, 6.45) is 0. The van der Waals surface area contributed by atoms with Gasteiger partial charge in [-0.1, -0.05) is 36.4 Å². The zero-order chi connectivity index (χ0) is 15.9. The molecular weight excluding hydrogens is 291 g/mol. The molecule has 2 aromatic carbocycles. The molecule has 0 saturated carbocycles. The fourth-order valence-electron chi connectivity index (χ4n) is 3.82. The van der Waals surface area contributed by atoms with Gasteiger partial charge in [0.15, 0.2) is 0 Å². The lowest BCUT2D eigenvalue weighted by Crippen LogP contribution is -2.38. The highest BCUT2D eigenvalue weighted by Gasteiger charge is 2.52. The smallest absolute Gasteiger partial charge is 0.130 e. The standard InChI is InChI=1S/C19H17FN2O/c20-16-7-4-8-17-18(16)15-10-22(9-14-5-2-1-3-6-14)12-19(15,11-21)13-23-17/h1-8,15H,9-10,12-13H2/t15-,19-/m1/s1. The van der Waals surface area contributed by atoms with E-state index in [9.17, 15) is 9.65 Å². The van der Waals surface area contributed by atoms with Gasteiger partial charge in [0.2, 0.25) is 0 Å². The first-order valence-electron chi connectivity index (χ1n) is 7.81. The highest BCUT2D eigenvalue weighted by molar-refractivity contribution is 5.44. The van der Waals surface area contributed by atoms with Crippen LogP contribution in [0.2, 0.25) is 0 Å². The van der Waals surface area contributed by atoms with E-state index in [4.69, 9.17) is 4.74 Å². The number of fused-ring (bicyclic) bond motifs is 3. The normalized spacial score (nSPS) is 26.0. The molecule has 1 saturated heterocycles. The van der Waals surface area contributed by atoms with Gasteiger partial charge in [0.25, 0.3) is 0 Å². The number of hydrogen-bond acceptors (Lipinski definition) is 3. The minimum Gasteiger partial charge on any atom is -0.491 e. The lowest BCUT2D eigenvalue weighted by Gasteiger charge is -2.34. The number of halogens is 1. The molecule has 4 heteroatoms. The van der Waals surface area contributed by atoms with E-state index in [2.05, 4.69) is 23.1 Å². The van der Waals surface area contributed by atoms with Crippen molar-refractivity contribution >= 4 is 0 Å². The van der Waals surface area contributed by atoms with Crippen LogP contribution in [0.4, 0.5) is 4.39 Å². The predicted octanol–water partition coefficient (Wildman–Crippen LogP) is 3.33. The summed E-state index contributed by atoms with van der Waals surface area (Å²) in [6.45, 7) is 2.39. The number of rotatable bonds is 2. The van der Waals surface area contributed by atoms with Crippen LogP contribution >= 0.6 is 0 Å². The van der Waals surface area contributed by atoms with Crippen LogP contribution in [0.3, 0.4) is 0 Å². The molecule has 2 aliphatic heterocycles. The maximum Gasteiger partial charge on any atom is 0.130 e. The maximum atomic E-state index is 14.4. The summed E-state index contributed by atoms with van der Waals surface area (Å²) in [5.74, 6) is 0.178. The van der Waals surface area contributed by atoms with Crippen LogP contribution in [0.15, 0.2) is 48.5 Å². The number of nitriles is 1. The van der Waals surface area contributed by atoms with Crippen LogP contribution in [-0.4, -0.2) is 24.6 Å². The average Bonchev–Trinajstić information content (AvgIpc) is 2.94. The Hall–Kier alpha value is -2.38. The molecule has 0 unspecified atom stereocenters. The van der Waals surface area contributed by atoms with Gasteiger partial charge < -0.3 is 4.74 Å². The summed E-state index contributed by atoms with van der Waals surface area (Å²) in [7, 11) is 0. The first kappa shape index (κ1) is 14.2. The minimum atomic E-state index is -0.663. The summed E-state index contributed by atoms with van der Waals surface area (Å²) in [5.41, 5.74) is 1.11. The zero-order valence-electron chi connectivity index (χ0n) is 12.7. The molecule has 0 bridgehead atoms. The molecule has 2 atom stereocenters. The molecule has 2 aliphatic rings. The van der Waals surface area contributed by atoms with Crippen molar-refractivity contribution in [2.45, 2.75) is 12.5 Å². The first-order valence-corrected chi connectivity index (χ1v) is 7.81. The molecule has 4 rings (SSSR count). The van der Waals surface area contributed by atoms with Crippen molar-refractivity contribution in [2.24, 2.45) is 5.41 Å². The lowest BCUT2D eigenvalue weighted by atomic mass is 9.74. The Bertz CT molecular complexity index is 771. The maximum absolute atomic E-state index is 14.4. The molecule has 0 spiro atoms. The molecule has 1 fully saturated rings. The second-order valence-corrected chi connectivity index (χ2v) is 6.42. The van der Waals surface area contributed by atoms with Crippen molar-refractivity contribution in [3.8, 4) is 11.8 Å². The topological polar surface area (TPSA) is 36.3 Å². The summed E-state index contributed by atoms with van der Waals surface area (Å²) in [5, 5.41) is 9.77. The fraction of sp³-hybridized carbons (Fsp3) is 0.316. The monoisotopic (exact) mass is 308 g/mol. The number of benzene rings is 2. The number of ether oxygens (including phenoxy) is 1. The van der Waals surface area contributed by atoms with Crippen LogP contribution in [0.1, 0.15) is 17.0 Å². The molecule has 2 aromatic rings. The Balaban J connectivity index is 1.67. The van der Waals surface area contributed by atoms with E-state index in [1.54, 1.807) is 12.1 Å². The van der Waals surface area contributed by atoms with Gasteiger partial charge in [-0.15, -0.1) is 0 Å². The van der Waals surface area contributed by atoms with E-state index in [1.165, 1.54) is 11.6 Å². The summed E-state index contributed by atoms with van der Waals surface area (Å²) >= 11 is 0. The summed E-state index contributed by atoms with van der Waals surface area (Å²) in [4.78, 5) is 2.23. The third-order valence-corrected chi connectivity index (χ3v) is 4.93. The third-order valence-electron chi connectivity index (χ3n) is 4.93. The molecule has 3 nitrogen and oxygen atoms in total. The van der Waals surface area contributed by atoms with Crippen LogP contribution in [-0.2, 0) is 6.54 Å². The third kappa shape index (κ3) is 2.29. The molecule has 2 heterocycles. The number of hydrogen-bond donors (Lipinski definition) is 0. The van der Waals surface area contributed by atoms with Crippen molar-refractivity contribution in [1.29, 1.82) is 5.26 Å². The van der Waals surface area contributed by atoms with Crippen molar-refractivity contribution < 1.29 is 9.13 Å². The predicted molar refractivity (Wildman–Crippen MR) is 84.4 cm³/mol. The van der Waals surface area contributed by atoms with Gasteiger partial charge >= 0.3 is 0 Å². The number of nitrogens with zero attached hydrogens (tertiary/aromatic N) is 2. The highest BCUT2D eigenvalue weighted by atomic mass is 19.1. The minimum absolute atomic E-state index is 0.138. The molecule has 116 valence electrons. The summed E-state index contributed by atoms with van der Waals surface area (Å²) in [6, 6.07) is 17.5. The van der Waals surface area contributed by atoms with Gasteiger partial charge in [-0.05, 0) is 17.7 Å². The van der Waals surface area contributed by atoms with Gasteiger partial charge in [0, 0.05) is 31.1 Å². The Kier molecular flexibility index (Phi) is 3.32. The Morgan fingerprint density at radius 2 is 2.04 bits per heavy atom. The Labute approximate surface area is 134 Å². The largest absolute Gasteiger partial charge is 0.491 e. The second kappa shape index (κ2) is 5.36. The van der Waals surface area contributed by atoms with Crippen molar-refractivity contribution in [1.82, 2.24) is 4.90 Å². The van der Waals surface area contributed by atoms with E-state index in [0.717, 1.165) is 6.54 Å². The van der Waals surface area contributed by atoms with Crippen molar-refractivity contribution in [2.75, 3.05) is 19.7 Å². The van der Waals surface area contributed by atoms with Gasteiger partial charge in [-0.25, -0.2) is 4.39 Å². The molecular formula is C19H17FN2O.